The Labute approximate surface area is 757 Å². The van der Waals surface area contributed by atoms with Crippen molar-refractivity contribution in [3.05, 3.63) is 0 Å². The van der Waals surface area contributed by atoms with E-state index in [0.717, 1.165) is 95.4 Å². The van der Waals surface area contributed by atoms with E-state index in [4.69, 9.17) is 142 Å². The Morgan fingerprint density at radius 1 is 0.210 bits per heavy atom. The first-order valence-corrected chi connectivity index (χ1v) is 47.7. The van der Waals surface area contributed by atoms with Crippen molar-refractivity contribution in [3.63, 3.8) is 0 Å². The van der Waals surface area contributed by atoms with E-state index in [1.54, 1.807) is 14.2 Å². The van der Waals surface area contributed by atoms with Crippen molar-refractivity contribution in [2.24, 2.45) is 23.7 Å². The molecule has 5 atom stereocenters. The fourth-order valence-electron chi connectivity index (χ4n) is 9.93. The van der Waals surface area contributed by atoms with Gasteiger partial charge in [-0.3, -0.25) is 0 Å². The summed E-state index contributed by atoms with van der Waals surface area (Å²) in [6, 6.07) is 0. The van der Waals surface area contributed by atoms with Crippen LogP contribution in [0.5, 0.6) is 0 Å². The van der Waals surface area contributed by atoms with E-state index < -0.39 is 0 Å². The summed E-state index contributed by atoms with van der Waals surface area (Å²) in [5.74, 6) is 3.33. The van der Waals surface area contributed by atoms with E-state index in [9.17, 15) is 0 Å². The second-order valence-corrected chi connectivity index (χ2v) is 33.0. The monoisotopic (exact) mass is 1810 g/mol. The molecular weight excluding hydrogens is 1610 g/mol. The summed E-state index contributed by atoms with van der Waals surface area (Å²) < 4.78 is 161. The Morgan fingerprint density at radius 2 is 0.427 bits per heavy atom. The molecule has 0 saturated carbocycles. The summed E-state index contributed by atoms with van der Waals surface area (Å²) in [5.41, 5.74) is 0. The quantitative estimate of drug-likeness (QED) is 0.109. The molecule has 7 aliphatic heterocycles. The summed E-state index contributed by atoms with van der Waals surface area (Å²) in [6.45, 7) is 71.1. The lowest BCUT2D eigenvalue weighted by atomic mass is 10.1. The molecule has 752 valence electrons. The molecule has 0 bridgehead atoms. The lowest BCUT2D eigenvalue weighted by Crippen LogP contribution is -2.34. The van der Waals surface area contributed by atoms with Crippen LogP contribution in [0.25, 0.3) is 0 Å². The van der Waals surface area contributed by atoms with Crippen molar-refractivity contribution in [1.82, 2.24) is 0 Å². The van der Waals surface area contributed by atoms with Gasteiger partial charge in [0.25, 0.3) is 0 Å². The summed E-state index contributed by atoms with van der Waals surface area (Å²) in [6.07, 6.45) is 15.2. The van der Waals surface area contributed by atoms with Crippen LogP contribution in [0.4, 0.5) is 0 Å². The van der Waals surface area contributed by atoms with Crippen LogP contribution < -0.4 is 0 Å². The number of ether oxygens (including phenoxy) is 30. The fraction of sp³-hybridized carbons (Fsp3) is 1.00. The molecule has 0 aromatic heterocycles. The zero-order valence-corrected chi connectivity index (χ0v) is 83.0. The molecular formula is C94H196O30. The molecule has 30 nitrogen and oxygen atoms in total. The molecule has 0 aliphatic carbocycles. The van der Waals surface area contributed by atoms with E-state index in [-0.39, 0.29) is 42.7 Å². The second-order valence-electron chi connectivity index (χ2n) is 33.0. The summed E-state index contributed by atoms with van der Waals surface area (Å²) in [5, 5.41) is 0. The van der Waals surface area contributed by atoms with Crippen LogP contribution in [-0.2, 0) is 142 Å². The number of hydrogen-bond acceptors (Lipinski definition) is 30. The van der Waals surface area contributed by atoms with Gasteiger partial charge >= 0.3 is 0 Å². The maximum Gasteiger partial charge on any atom is 0.115 e. The molecule has 7 heterocycles. The van der Waals surface area contributed by atoms with Gasteiger partial charge in [-0.15, -0.1) is 0 Å². The van der Waals surface area contributed by atoms with E-state index in [1.807, 2.05) is 41.5 Å². The zero-order valence-electron chi connectivity index (χ0n) is 83.0. The number of methoxy groups -OCH3 is 2. The van der Waals surface area contributed by atoms with Crippen molar-refractivity contribution in [1.29, 1.82) is 0 Å². The molecule has 7 aliphatic rings. The Hall–Kier alpha value is -1.20. The molecule has 0 N–H and O–H groups in total. The van der Waals surface area contributed by atoms with Crippen molar-refractivity contribution in [2.75, 3.05) is 345 Å². The summed E-state index contributed by atoms with van der Waals surface area (Å²) in [4.78, 5) is 0. The lowest BCUT2D eigenvalue weighted by molar-refractivity contribution is -0.119. The smallest absolute Gasteiger partial charge is 0.115 e. The standard InChI is InChI=1S/C14H28O4.C13H26O5.C12H22O5.C11H22O4.C10H20O5.C10H20O4.C8H18O3.4C4H10/c1-2-4-6-8-16-10-12-18-14-13-17-11-9-15-7-5-3-1;1-2-4-14-6-8-16-10-12-18-13-11-17-9-7-15-5-3-1;1-8(2)14-4-5-15-10-7-17-11-9(13-3)6-16-12(10)11;1-2-4-12-6-8-14-10-11-15-9-7-13-5-3-1;1-2-12-5-6-14-9-10-15-8-7-13-4-3-11-1;1-9(2)13-5-3-11-7-10-8-12-4-6-14-10;1-8(2)11-7-6-10-5-4-9-3;4*1-4(2)3/h1-14H2;1-13H2;8-12H,4-7H2,1-3H3;1-11H2;1-10H2;9-10H,3-8H2,1-2H3;8H,4-7H2,1-3H3;4*4H,1-3H3. The Balaban J connectivity index is -0.000000659. The van der Waals surface area contributed by atoms with Gasteiger partial charge in [0.15, 0.2) is 0 Å². The fourth-order valence-corrected chi connectivity index (χ4v) is 9.93. The molecule has 124 heavy (non-hydrogen) atoms. The lowest BCUT2D eigenvalue weighted by Gasteiger charge is -2.22. The second kappa shape index (κ2) is 111. The predicted octanol–water partition coefficient (Wildman–Crippen LogP) is 14.2. The summed E-state index contributed by atoms with van der Waals surface area (Å²) >= 11 is 0. The molecule has 0 aromatic rings. The third-order valence-electron chi connectivity index (χ3n) is 15.7. The number of hydrogen-bond donors (Lipinski definition) is 0. The van der Waals surface area contributed by atoms with Gasteiger partial charge in [0.2, 0.25) is 0 Å². The molecule has 0 radical (unpaired) electrons. The van der Waals surface area contributed by atoms with Gasteiger partial charge in [-0.1, -0.05) is 109 Å². The van der Waals surface area contributed by atoms with Gasteiger partial charge in [-0.25, -0.2) is 0 Å². The minimum atomic E-state index is 0.0101. The van der Waals surface area contributed by atoms with Crippen LogP contribution >= 0.6 is 0 Å². The highest BCUT2D eigenvalue weighted by atomic mass is 16.7. The highest BCUT2D eigenvalue weighted by Crippen LogP contribution is 2.30. The van der Waals surface area contributed by atoms with E-state index in [2.05, 4.69) is 83.1 Å². The third kappa shape index (κ3) is 121. The SMILES string of the molecule is C1CCCCOCCOCCOCCOCCC1.C1CCOCCOCCOCCOCC1.C1CCOCCOCCOCCOCCOCC1.C1COCCOCCOCCOCCO1.CC(C)C.CC(C)C.CC(C)C.CC(C)C.CC(C)OCCOCC1COCCO1.COC1COC2C(OCCOC(C)C)COC12.COCCOCCOC(C)C. The van der Waals surface area contributed by atoms with Crippen molar-refractivity contribution in [3.8, 4) is 0 Å². The summed E-state index contributed by atoms with van der Waals surface area (Å²) in [7, 11) is 3.35. The molecule has 7 saturated heterocycles. The topological polar surface area (TPSA) is 277 Å². The van der Waals surface area contributed by atoms with Crippen LogP contribution in [0, 0.1) is 23.7 Å². The maximum atomic E-state index is 5.73. The van der Waals surface area contributed by atoms with Crippen molar-refractivity contribution >= 4 is 0 Å². The van der Waals surface area contributed by atoms with Crippen LogP contribution in [0.1, 0.15) is 202 Å². The minimum Gasteiger partial charge on any atom is -0.382 e. The van der Waals surface area contributed by atoms with Crippen molar-refractivity contribution in [2.45, 2.75) is 251 Å². The van der Waals surface area contributed by atoms with Gasteiger partial charge < -0.3 is 142 Å². The van der Waals surface area contributed by atoms with Gasteiger partial charge in [-0.2, -0.15) is 0 Å². The molecule has 30 heteroatoms. The van der Waals surface area contributed by atoms with Gasteiger partial charge in [-0.05, 0) is 117 Å². The van der Waals surface area contributed by atoms with E-state index >= 15 is 0 Å². The maximum absolute atomic E-state index is 5.73. The predicted molar refractivity (Wildman–Crippen MR) is 490 cm³/mol. The Kier molecular flexibility index (Phi) is 115. The first-order chi connectivity index (χ1) is 60.2. The minimum absolute atomic E-state index is 0.0101. The largest absolute Gasteiger partial charge is 0.382 e. The van der Waals surface area contributed by atoms with Crippen LogP contribution in [-0.4, -0.2) is 393 Å². The van der Waals surface area contributed by atoms with Crippen LogP contribution in [0.3, 0.4) is 0 Å². The first-order valence-electron chi connectivity index (χ1n) is 47.7. The molecule has 0 spiro atoms. The van der Waals surface area contributed by atoms with Gasteiger partial charge in [0.05, 0.1) is 309 Å². The molecule has 5 unspecified atom stereocenters. The number of fused-ring (bicyclic) bond motifs is 1. The normalized spacial score (nSPS) is 22.5. The number of rotatable bonds is 19. The van der Waals surface area contributed by atoms with Gasteiger partial charge in [0.1, 0.15) is 30.5 Å². The van der Waals surface area contributed by atoms with Gasteiger partial charge in [0, 0.05) is 53.9 Å². The third-order valence-corrected chi connectivity index (χ3v) is 15.7. The molecule has 0 aromatic carbocycles. The van der Waals surface area contributed by atoms with Crippen molar-refractivity contribution < 1.29 is 142 Å². The Morgan fingerprint density at radius 3 is 0.677 bits per heavy atom. The molecule has 7 rings (SSSR count). The molecule has 7 fully saturated rings. The van der Waals surface area contributed by atoms with Crippen LogP contribution in [0.15, 0.2) is 0 Å². The van der Waals surface area contributed by atoms with E-state index in [0.29, 0.717) is 297 Å². The highest BCUT2D eigenvalue weighted by molar-refractivity contribution is 4.95. The zero-order chi connectivity index (χ0) is 92.0. The highest BCUT2D eigenvalue weighted by Gasteiger charge is 2.48. The average Bonchev–Trinajstić information content (AvgIpc) is 1.66. The average molecular weight is 1810 g/mol. The van der Waals surface area contributed by atoms with Crippen LogP contribution in [0.2, 0.25) is 0 Å². The molecule has 0 amide bonds. The Bertz CT molecular complexity index is 1500. The first kappa shape index (κ1) is 129. The van der Waals surface area contributed by atoms with E-state index in [1.165, 1.54) is 44.9 Å².